The summed E-state index contributed by atoms with van der Waals surface area (Å²) in [6.45, 7) is 3.84. The number of likely N-dealkylation sites (N-methyl/N-ethyl adjacent to an activating group) is 1. The van der Waals surface area contributed by atoms with Crippen molar-refractivity contribution in [3.05, 3.63) is 27.4 Å². The number of hydrogen-bond donors (Lipinski definition) is 1. The molecule has 0 radical (unpaired) electrons. The van der Waals surface area contributed by atoms with E-state index in [1.807, 2.05) is 31.4 Å². The molecule has 2 aromatic rings. The minimum absolute atomic E-state index is 0.149. The predicted molar refractivity (Wildman–Crippen MR) is 83.4 cm³/mol. The number of carbonyl (C=O) groups excluding carboxylic acids is 2. The van der Waals surface area contributed by atoms with Gasteiger partial charge in [-0.15, -0.1) is 21.5 Å². The second-order valence-corrected chi connectivity index (χ2v) is 6.46. The summed E-state index contributed by atoms with van der Waals surface area (Å²) in [5.41, 5.74) is 0. The highest BCUT2D eigenvalue weighted by Crippen LogP contribution is 2.23. The van der Waals surface area contributed by atoms with Crippen LogP contribution < -0.4 is 5.32 Å². The van der Waals surface area contributed by atoms with Crippen LogP contribution >= 0.6 is 22.7 Å². The number of nitrogens with one attached hydrogen (secondary N) is 1. The normalized spacial score (nSPS) is 12.0. The average molecular weight is 324 g/mol. The number of amides is 2. The lowest BCUT2D eigenvalue weighted by Gasteiger charge is -2.23. The molecule has 0 saturated carbocycles. The fraction of sp³-hybridized carbons (Fsp3) is 0.385. The molecule has 8 heteroatoms. The molecule has 1 N–H and O–H groups in total. The molecule has 6 nitrogen and oxygen atoms in total. The molecule has 2 rings (SSSR count). The summed E-state index contributed by atoms with van der Waals surface area (Å²) in [7, 11) is 1.61. The van der Waals surface area contributed by atoms with E-state index in [1.54, 1.807) is 18.4 Å². The number of aryl methyl sites for hydroxylation is 1. The van der Waals surface area contributed by atoms with E-state index in [4.69, 9.17) is 0 Å². The first-order valence-electron chi connectivity index (χ1n) is 6.46. The Morgan fingerprint density at radius 1 is 1.43 bits per heavy atom. The summed E-state index contributed by atoms with van der Waals surface area (Å²) in [4.78, 5) is 26.6. The van der Waals surface area contributed by atoms with E-state index in [0.29, 0.717) is 5.13 Å². The molecule has 1 atom stereocenters. The summed E-state index contributed by atoms with van der Waals surface area (Å²) in [5, 5.41) is 13.3. The van der Waals surface area contributed by atoms with Crippen molar-refractivity contribution < 1.29 is 9.59 Å². The molecule has 0 aliphatic rings. The van der Waals surface area contributed by atoms with Crippen molar-refractivity contribution in [3.8, 4) is 0 Å². The SMILES string of the molecule is CCc1nnc(NC(=O)C(=O)N(C)[C@H](C)c2cccs2)s1. The zero-order valence-corrected chi connectivity index (χ0v) is 13.6. The molecule has 2 aromatic heterocycles. The first-order valence-corrected chi connectivity index (χ1v) is 8.16. The van der Waals surface area contributed by atoms with Gasteiger partial charge in [-0.2, -0.15) is 0 Å². The van der Waals surface area contributed by atoms with Crippen LogP contribution in [0.15, 0.2) is 17.5 Å². The van der Waals surface area contributed by atoms with E-state index in [-0.39, 0.29) is 6.04 Å². The maximum atomic E-state index is 12.1. The van der Waals surface area contributed by atoms with Crippen LogP contribution in [-0.2, 0) is 16.0 Å². The van der Waals surface area contributed by atoms with Gasteiger partial charge in [-0.25, -0.2) is 0 Å². The Morgan fingerprint density at radius 2 is 2.19 bits per heavy atom. The average Bonchev–Trinajstić information content (AvgIpc) is 3.15. The fourth-order valence-corrected chi connectivity index (χ4v) is 3.15. The molecule has 2 amide bonds. The summed E-state index contributed by atoms with van der Waals surface area (Å²) in [6, 6.07) is 3.71. The molecular weight excluding hydrogens is 308 g/mol. The van der Waals surface area contributed by atoms with E-state index in [1.165, 1.54) is 16.2 Å². The minimum atomic E-state index is -0.695. The van der Waals surface area contributed by atoms with Gasteiger partial charge in [0.25, 0.3) is 0 Å². The molecule has 0 unspecified atom stereocenters. The Kier molecular flexibility index (Phi) is 5.03. The second-order valence-electron chi connectivity index (χ2n) is 4.42. The van der Waals surface area contributed by atoms with Crippen molar-refractivity contribution in [2.45, 2.75) is 26.3 Å². The van der Waals surface area contributed by atoms with Gasteiger partial charge in [0.2, 0.25) is 5.13 Å². The Balaban J connectivity index is 2.00. The van der Waals surface area contributed by atoms with Gasteiger partial charge in [-0.05, 0) is 24.8 Å². The van der Waals surface area contributed by atoms with Gasteiger partial charge in [-0.3, -0.25) is 14.9 Å². The van der Waals surface area contributed by atoms with Crippen LogP contribution in [-0.4, -0.2) is 34.0 Å². The maximum absolute atomic E-state index is 12.1. The smallest absolute Gasteiger partial charge is 0.315 e. The van der Waals surface area contributed by atoms with Gasteiger partial charge in [0.15, 0.2) is 0 Å². The van der Waals surface area contributed by atoms with Crippen LogP contribution in [0.2, 0.25) is 0 Å². The van der Waals surface area contributed by atoms with Crippen molar-refractivity contribution in [3.63, 3.8) is 0 Å². The highest BCUT2D eigenvalue weighted by molar-refractivity contribution is 7.15. The van der Waals surface area contributed by atoms with Crippen LogP contribution in [0, 0.1) is 0 Å². The summed E-state index contributed by atoms with van der Waals surface area (Å²) in [5.74, 6) is -1.29. The van der Waals surface area contributed by atoms with Crippen molar-refractivity contribution >= 4 is 39.6 Å². The summed E-state index contributed by atoms with van der Waals surface area (Å²) in [6.07, 6.45) is 0.747. The molecule has 0 fully saturated rings. The van der Waals surface area contributed by atoms with E-state index < -0.39 is 11.8 Å². The van der Waals surface area contributed by atoms with E-state index in [0.717, 1.165) is 16.3 Å². The molecule has 0 aliphatic carbocycles. The first kappa shape index (κ1) is 15.6. The number of anilines is 1. The third-order valence-electron chi connectivity index (χ3n) is 3.04. The number of thiophene rings is 1. The number of hydrogen-bond acceptors (Lipinski definition) is 6. The highest BCUT2D eigenvalue weighted by atomic mass is 32.1. The Morgan fingerprint density at radius 3 is 2.76 bits per heavy atom. The molecule has 0 saturated heterocycles. The Hall–Kier alpha value is -1.80. The van der Waals surface area contributed by atoms with Gasteiger partial charge in [0.05, 0.1) is 6.04 Å². The van der Waals surface area contributed by atoms with Crippen molar-refractivity contribution in [1.82, 2.24) is 15.1 Å². The number of aromatic nitrogens is 2. The molecule has 0 bridgehead atoms. The Labute approximate surface area is 130 Å². The second kappa shape index (κ2) is 6.77. The molecule has 0 aromatic carbocycles. The zero-order chi connectivity index (χ0) is 15.4. The Bertz CT molecular complexity index is 624. The fourth-order valence-electron chi connectivity index (χ4n) is 1.65. The van der Waals surface area contributed by atoms with Gasteiger partial charge >= 0.3 is 11.8 Å². The molecule has 0 spiro atoms. The lowest BCUT2D eigenvalue weighted by molar-refractivity contribution is -0.143. The first-order chi connectivity index (χ1) is 10.0. The number of carbonyl (C=O) groups is 2. The van der Waals surface area contributed by atoms with Gasteiger partial charge in [-0.1, -0.05) is 24.3 Å². The monoisotopic (exact) mass is 324 g/mol. The van der Waals surface area contributed by atoms with Crippen LogP contribution in [0.25, 0.3) is 0 Å². The van der Waals surface area contributed by atoms with Crippen molar-refractivity contribution in [2.24, 2.45) is 0 Å². The third kappa shape index (κ3) is 3.64. The van der Waals surface area contributed by atoms with E-state index >= 15 is 0 Å². The molecular formula is C13H16N4O2S2. The zero-order valence-electron chi connectivity index (χ0n) is 12.0. The maximum Gasteiger partial charge on any atom is 0.315 e. The lowest BCUT2D eigenvalue weighted by Crippen LogP contribution is -2.38. The summed E-state index contributed by atoms with van der Waals surface area (Å²) >= 11 is 2.83. The minimum Gasteiger partial charge on any atom is -0.330 e. The van der Waals surface area contributed by atoms with Gasteiger partial charge in [0.1, 0.15) is 5.01 Å². The standard InChI is InChI=1S/C13H16N4O2S2/c1-4-10-15-16-13(21-10)14-11(18)12(19)17(3)8(2)9-6-5-7-20-9/h5-8H,4H2,1-3H3,(H,14,16,18)/t8-/m1/s1. The van der Waals surface area contributed by atoms with Crippen molar-refractivity contribution in [1.29, 1.82) is 0 Å². The summed E-state index contributed by atoms with van der Waals surface area (Å²) < 4.78 is 0. The van der Waals surface area contributed by atoms with Crippen molar-refractivity contribution in [2.75, 3.05) is 12.4 Å². The predicted octanol–water partition coefficient (Wildman–Crippen LogP) is 2.32. The van der Waals surface area contributed by atoms with E-state index in [9.17, 15) is 9.59 Å². The van der Waals surface area contributed by atoms with Crippen LogP contribution in [0.3, 0.4) is 0 Å². The topological polar surface area (TPSA) is 75.2 Å². The molecule has 2 heterocycles. The van der Waals surface area contributed by atoms with Gasteiger partial charge in [0, 0.05) is 11.9 Å². The number of nitrogens with zero attached hydrogens (tertiary/aromatic N) is 3. The highest BCUT2D eigenvalue weighted by Gasteiger charge is 2.25. The van der Waals surface area contributed by atoms with Crippen LogP contribution in [0.4, 0.5) is 5.13 Å². The number of rotatable bonds is 4. The molecule has 21 heavy (non-hydrogen) atoms. The third-order valence-corrected chi connectivity index (χ3v) is 5.07. The van der Waals surface area contributed by atoms with E-state index in [2.05, 4.69) is 15.5 Å². The molecule has 0 aliphatic heterocycles. The largest absolute Gasteiger partial charge is 0.330 e. The van der Waals surface area contributed by atoms with Crippen LogP contribution in [0.1, 0.15) is 29.8 Å². The van der Waals surface area contributed by atoms with Gasteiger partial charge < -0.3 is 4.90 Å². The lowest BCUT2D eigenvalue weighted by atomic mass is 10.2. The van der Waals surface area contributed by atoms with Crippen LogP contribution in [0.5, 0.6) is 0 Å². The quantitative estimate of drug-likeness (QED) is 0.876. The molecule has 112 valence electrons.